The van der Waals surface area contributed by atoms with Gasteiger partial charge in [0.2, 0.25) is 12.2 Å². The lowest BCUT2D eigenvalue weighted by Crippen LogP contribution is -2.39. The quantitative estimate of drug-likeness (QED) is 0.234. The van der Waals surface area contributed by atoms with Gasteiger partial charge in [0.15, 0.2) is 0 Å². The lowest BCUT2D eigenvalue weighted by molar-refractivity contribution is 0.184. The SMILES string of the molecule is NN(Cc1ccccc1)C(CCCCCN=C=O)N=C=O. The van der Waals surface area contributed by atoms with Gasteiger partial charge in [-0.15, -0.1) is 0 Å². The van der Waals surface area contributed by atoms with E-state index in [1.54, 1.807) is 11.1 Å². The molecule has 0 aromatic heterocycles. The number of benzene rings is 1. The van der Waals surface area contributed by atoms with Gasteiger partial charge in [-0.1, -0.05) is 36.8 Å². The molecule has 0 heterocycles. The number of hydrazine groups is 1. The summed E-state index contributed by atoms with van der Waals surface area (Å²) in [6, 6.07) is 9.76. The van der Waals surface area contributed by atoms with E-state index < -0.39 is 0 Å². The normalized spacial score (nSPS) is 11.5. The summed E-state index contributed by atoms with van der Waals surface area (Å²) in [6.07, 6.45) is 5.95. The zero-order chi connectivity index (χ0) is 15.3. The second kappa shape index (κ2) is 10.7. The number of nitrogens with zero attached hydrogens (tertiary/aromatic N) is 3. The molecule has 21 heavy (non-hydrogen) atoms. The van der Waals surface area contributed by atoms with Crippen molar-refractivity contribution in [2.75, 3.05) is 6.54 Å². The fourth-order valence-electron chi connectivity index (χ4n) is 2.01. The van der Waals surface area contributed by atoms with Gasteiger partial charge >= 0.3 is 0 Å². The molecule has 112 valence electrons. The first-order valence-corrected chi connectivity index (χ1v) is 6.93. The van der Waals surface area contributed by atoms with Gasteiger partial charge < -0.3 is 0 Å². The van der Waals surface area contributed by atoms with Crippen LogP contribution >= 0.6 is 0 Å². The van der Waals surface area contributed by atoms with Crippen molar-refractivity contribution >= 4 is 12.2 Å². The molecule has 1 unspecified atom stereocenters. The molecule has 1 aromatic rings. The molecule has 0 spiro atoms. The van der Waals surface area contributed by atoms with E-state index in [4.69, 9.17) is 5.84 Å². The molecule has 0 bridgehead atoms. The van der Waals surface area contributed by atoms with Crippen LogP contribution < -0.4 is 5.84 Å². The minimum atomic E-state index is -0.378. The van der Waals surface area contributed by atoms with Gasteiger partial charge in [0.1, 0.15) is 6.17 Å². The monoisotopic (exact) mass is 288 g/mol. The number of hydrogen-bond donors (Lipinski definition) is 1. The van der Waals surface area contributed by atoms with E-state index in [0.717, 1.165) is 24.8 Å². The summed E-state index contributed by atoms with van der Waals surface area (Å²) < 4.78 is 0. The summed E-state index contributed by atoms with van der Waals surface area (Å²) in [4.78, 5) is 27.7. The average Bonchev–Trinajstić information content (AvgIpc) is 2.50. The Labute approximate surface area is 124 Å². The number of nitrogens with two attached hydrogens (primary N) is 1. The van der Waals surface area contributed by atoms with Crippen LogP contribution in [0, 0.1) is 0 Å². The second-order valence-corrected chi connectivity index (χ2v) is 4.68. The highest BCUT2D eigenvalue weighted by atomic mass is 16.1. The molecule has 1 aromatic carbocycles. The maximum Gasteiger partial charge on any atom is 0.236 e. The van der Waals surface area contributed by atoms with Crippen LogP contribution in [0.2, 0.25) is 0 Å². The average molecular weight is 288 g/mol. The van der Waals surface area contributed by atoms with E-state index >= 15 is 0 Å². The molecule has 0 fully saturated rings. The van der Waals surface area contributed by atoms with Gasteiger partial charge in [-0.3, -0.25) is 5.84 Å². The zero-order valence-corrected chi connectivity index (χ0v) is 11.9. The van der Waals surface area contributed by atoms with Crippen molar-refractivity contribution in [1.82, 2.24) is 5.01 Å². The molecule has 0 amide bonds. The zero-order valence-electron chi connectivity index (χ0n) is 11.9. The van der Waals surface area contributed by atoms with E-state index in [1.165, 1.54) is 6.08 Å². The number of carbonyl (C=O) groups excluding carboxylic acids is 2. The van der Waals surface area contributed by atoms with E-state index in [0.29, 0.717) is 19.5 Å². The van der Waals surface area contributed by atoms with Crippen molar-refractivity contribution in [2.45, 2.75) is 38.4 Å². The van der Waals surface area contributed by atoms with Crippen LogP contribution in [-0.2, 0) is 16.1 Å². The number of unbranched alkanes of at least 4 members (excludes halogenated alkanes) is 2. The van der Waals surface area contributed by atoms with Crippen molar-refractivity contribution in [2.24, 2.45) is 15.8 Å². The molecular formula is C15H20N4O2. The predicted octanol–water partition coefficient (Wildman–Crippen LogP) is 1.92. The highest BCUT2D eigenvalue weighted by Crippen LogP contribution is 2.11. The molecule has 6 heteroatoms. The van der Waals surface area contributed by atoms with Gasteiger partial charge in [-0.25, -0.2) is 19.6 Å². The van der Waals surface area contributed by atoms with E-state index in [2.05, 4.69) is 9.98 Å². The summed E-state index contributed by atoms with van der Waals surface area (Å²) in [7, 11) is 0. The van der Waals surface area contributed by atoms with Gasteiger partial charge in [0.25, 0.3) is 0 Å². The highest BCUT2D eigenvalue weighted by Gasteiger charge is 2.14. The molecule has 0 saturated carbocycles. The van der Waals surface area contributed by atoms with Crippen LogP contribution in [0.25, 0.3) is 0 Å². The van der Waals surface area contributed by atoms with Crippen LogP contribution in [0.1, 0.15) is 31.2 Å². The molecule has 0 saturated heterocycles. The molecular weight excluding hydrogens is 268 g/mol. The van der Waals surface area contributed by atoms with Crippen molar-refractivity contribution < 1.29 is 9.59 Å². The maximum atomic E-state index is 10.5. The van der Waals surface area contributed by atoms with E-state index in [1.807, 2.05) is 30.3 Å². The summed E-state index contributed by atoms with van der Waals surface area (Å²) in [5.41, 5.74) is 1.06. The van der Waals surface area contributed by atoms with Crippen molar-refractivity contribution in [3.63, 3.8) is 0 Å². The molecule has 2 N–H and O–H groups in total. The topological polar surface area (TPSA) is 88.1 Å². The lowest BCUT2D eigenvalue weighted by atomic mass is 10.1. The third-order valence-corrected chi connectivity index (χ3v) is 3.09. The van der Waals surface area contributed by atoms with E-state index in [-0.39, 0.29) is 6.17 Å². The largest absolute Gasteiger partial charge is 0.267 e. The Hall–Kier alpha value is -2.10. The summed E-state index contributed by atoms with van der Waals surface area (Å²) in [5, 5.41) is 1.55. The summed E-state index contributed by atoms with van der Waals surface area (Å²) in [5.74, 6) is 5.99. The van der Waals surface area contributed by atoms with Gasteiger partial charge in [-0.2, -0.15) is 4.99 Å². The smallest absolute Gasteiger partial charge is 0.236 e. The van der Waals surface area contributed by atoms with Crippen LogP contribution in [0.5, 0.6) is 0 Å². The fourth-order valence-corrected chi connectivity index (χ4v) is 2.01. The number of rotatable bonds is 10. The number of aliphatic imine (C=N–C) groups is 2. The third kappa shape index (κ3) is 7.30. The van der Waals surface area contributed by atoms with Gasteiger partial charge in [-0.05, 0) is 24.8 Å². The first-order chi connectivity index (χ1) is 10.3. The number of isocyanates is 2. The fraction of sp³-hybridized carbons (Fsp3) is 0.467. The first-order valence-electron chi connectivity index (χ1n) is 6.93. The standard InChI is InChI=1S/C15H20N4O2/c16-19(11-14-7-3-1-4-8-14)15(18-13-21)9-5-2-6-10-17-12-20/h1,3-4,7-8,15H,2,5-6,9-11,16H2. The van der Waals surface area contributed by atoms with Crippen molar-refractivity contribution in [3.8, 4) is 0 Å². The number of hydrogen-bond acceptors (Lipinski definition) is 6. The van der Waals surface area contributed by atoms with Gasteiger partial charge in [0.05, 0.1) is 6.54 Å². The summed E-state index contributed by atoms with van der Waals surface area (Å²) >= 11 is 0. The predicted molar refractivity (Wildman–Crippen MR) is 79.5 cm³/mol. The molecule has 0 aliphatic rings. The molecule has 1 atom stereocenters. The highest BCUT2D eigenvalue weighted by molar-refractivity contribution is 5.33. The van der Waals surface area contributed by atoms with E-state index in [9.17, 15) is 9.59 Å². The van der Waals surface area contributed by atoms with Crippen LogP contribution in [0.3, 0.4) is 0 Å². The Kier molecular flexibility index (Phi) is 8.61. The summed E-state index contributed by atoms with van der Waals surface area (Å²) in [6.45, 7) is 1.01. The minimum Gasteiger partial charge on any atom is -0.267 e. The Morgan fingerprint density at radius 3 is 2.52 bits per heavy atom. The maximum absolute atomic E-state index is 10.5. The second-order valence-electron chi connectivity index (χ2n) is 4.68. The van der Waals surface area contributed by atoms with Gasteiger partial charge in [0, 0.05) is 6.54 Å². The minimum absolute atomic E-state index is 0.378. The molecule has 0 radical (unpaired) electrons. The molecule has 1 rings (SSSR count). The Morgan fingerprint density at radius 1 is 1.10 bits per heavy atom. The van der Waals surface area contributed by atoms with Crippen LogP contribution in [0.15, 0.2) is 40.3 Å². The molecule has 6 nitrogen and oxygen atoms in total. The Balaban J connectivity index is 2.40. The van der Waals surface area contributed by atoms with Crippen molar-refractivity contribution in [3.05, 3.63) is 35.9 Å². The van der Waals surface area contributed by atoms with Crippen LogP contribution in [0.4, 0.5) is 0 Å². The third-order valence-electron chi connectivity index (χ3n) is 3.09. The van der Waals surface area contributed by atoms with Crippen molar-refractivity contribution in [1.29, 1.82) is 0 Å². The molecule has 0 aliphatic carbocycles. The Morgan fingerprint density at radius 2 is 1.86 bits per heavy atom. The first kappa shape index (κ1) is 17.0. The molecule has 0 aliphatic heterocycles. The Bertz CT molecular complexity index is 494. The lowest BCUT2D eigenvalue weighted by Gasteiger charge is -2.23. The van der Waals surface area contributed by atoms with Crippen LogP contribution in [-0.4, -0.2) is 29.9 Å².